The molecule has 5 nitrogen and oxygen atoms in total. The van der Waals surface area contributed by atoms with E-state index in [4.69, 9.17) is 4.74 Å². The van der Waals surface area contributed by atoms with Gasteiger partial charge >= 0.3 is 12.6 Å². The van der Waals surface area contributed by atoms with E-state index in [0.717, 1.165) is 11.1 Å². The predicted octanol–water partition coefficient (Wildman–Crippen LogP) is 4.02. The highest BCUT2D eigenvalue weighted by Crippen LogP contribution is 2.18. The summed E-state index contributed by atoms with van der Waals surface area (Å²) in [5, 5.41) is 2.74. The maximum Gasteiger partial charge on any atom is 0.387 e. The zero-order valence-electron chi connectivity index (χ0n) is 15.3. The third-order valence-corrected chi connectivity index (χ3v) is 3.83. The lowest BCUT2D eigenvalue weighted by atomic mass is 10.1. The molecule has 0 radical (unpaired) electrons. The van der Waals surface area contributed by atoms with Crippen molar-refractivity contribution in [3.63, 3.8) is 0 Å². The molecule has 0 heterocycles. The molecule has 144 valence electrons. The summed E-state index contributed by atoms with van der Waals surface area (Å²) in [6.07, 6.45) is -1.06. The predicted molar refractivity (Wildman–Crippen MR) is 96.9 cm³/mol. The monoisotopic (exact) mass is 377 g/mol. The van der Waals surface area contributed by atoms with Crippen LogP contribution in [0.25, 0.3) is 0 Å². The second kappa shape index (κ2) is 9.12. The van der Waals surface area contributed by atoms with Gasteiger partial charge in [-0.3, -0.25) is 9.59 Å². The first-order valence-electron chi connectivity index (χ1n) is 8.36. The number of carbonyl (C=O) groups excluding carboxylic acids is 2. The Bertz CT molecular complexity index is 806. The van der Waals surface area contributed by atoms with Crippen LogP contribution in [0, 0.1) is 13.8 Å². The molecule has 0 aliphatic rings. The molecule has 0 aromatic heterocycles. The standard InChI is InChI=1S/C20H21F2NO4/c1-12-4-5-13(2)17(10-12)23-19(25)14(3)26-18(24)11-15-6-8-16(9-7-15)27-20(21)22/h4-10,14,20H,11H2,1-3H3,(H,23,25). The Labute approximate surface area is 156 Å². The molecule has 7 heteroatoms. The highest BCUT2D eigenvalue weighted by Gasteiger charge is 2.19. The topological polar surface area (TPSA) is 64.6 Å². The number of hydrogen-bond donors (Lipinski definition) is 1. The molecule has 0 bridgehead atoms. The van der Waals surface area contributed by atoms with Crippen LogP contribution in [0.2, 0.25) is 0 Å². The van der Waals surface area contributed by atoms with Crippen LogP contribution in [0.5, 0.6) is 5.75 Å². The van der Waals surface area contributed by atoms with Crippen LogP contribution in [0.1, 0.15) is 23.6 Å². The van der Waals surface area contributed by atoms with Crippen LogP contribution < -0.4 is 10.1 Å². The number of amides is 1. The van der Waals surface area contributed by atoms with Crippen LogP contribution in [-0.4, -0.2) is 24.6 Å². The molecule has 0 aliphatic heterocycles. The second-order valence-corrected chi connectivity index (χ2v) is 6.14. The van der Waals surface area contributed by atoms with E-state index in [-0.39, 0.29) is 12.2 Å². The van der Waals surface area contributed by atoms with Gasteiger partial charge in [0.05, 0.1) is 6.42 Å². The van der Waals surface area contributed by atoms with Crippen molar-refractivity contribution in [2.45, 2.75) is 39.9 Å². The van der Waals surface area contributed by atoms with Gasteiger partial charge in [-0.25, -0.2) is 0 Å². The Kier molecular flexibility index (Phi) is 6.87. The largest absolute Gasteiger partial charge is 0.452 e. The smallest absolute Gasteiger partial charge is 0.387 e. The first kappa shape index (κ1) is 20.4. The van der Waals surface area contributed by atoms with Crippen LogP contribution in [0.4, 0.5) is 14.5 Å². The maximum atomic E-state index is 12.2. The van der Waals surface area contributed by atoms with E-state index < -0.39 is 24.6 Å². The van der Waals surface area contributed by atoms with Gasteiger partial charge in [0.15, 0.2) is 6.10 Å². The Morgan fingerprint density at radius 2 is 1.74 bits per heavy atom. The zero-order valence-corrected chi connectivity index (χ0v) is 15.3. The van der Waals surface area contributed by atoms with Crippen molar-refractivity contribution in [2.75, 3.05) is 5.32 Å². The van der Waals surface area contributed by atoms with Crippen LogP contribution in [0.15, 0.2) is 42.5 Å². The second-order valence-electron chi connectivity index (χ2n) is 6.14. The number of anilines is 1. The fourth-order valence-electron chi connectivity index (χ4n) is 2.35. The summed E-state index contributed by atoms with van der Waals surface area (Å²) in [4.78, 5) is 24.2. The van der Waals surface area contributed by atoms with E-state index in [1.807, 2.05) is 32.0 Å². The van der Waals surface area contributed by atoms with Crippen LogP contribution in [-0.2, 0) is 20.7 Å². The number of carbonyl (C=O) groups is 2. The highest BCUT2D eigenvalue weighted by molar-refractivity contribution is 5.95. The molecule has 0 fully saturated rings. The fourth-order valence-corrected chi connectivity index (χ4v) is 2.35. The quantitative estimate of drug-likeness (QED) is 0.741. The number of nitrogens with one attached hydrogen (secondary N) is 1. The molecule has 0 aliphatic carbocycles. The summed E-state index contributed by atoms with van der Waals surface area (Å²) in [6, 6.07) is 11.3. The molecular weight excluding hydrogens is 356 g/mol. The summed E-state index contributed by atoms with van der Waals surface area (Å²) in [5.74, 6) is -1.03. The van der Waals surface area contributed by atoms with Gasteiger partial charge in [-0.1, -0.05) is 24.3 Å². The third-order valence-electron chi connectivity index (χ3n) is 3.83. The van der Waals surface area contributed by atoms with Crippen molar-refractivity contribution in [3.05, 3.63) is 59.2 Å². The van der Waals surface area contributed by atoms with Gasteiger partial charge in [0.2, 0.25) is 0 Å². The van der Waals surface area contributed by atoms with Gasteiger partial charge in [-0.05, 0) is 55.7 Å². The number of benzene rings is 2. The first-order valence-corrected chi connectivity index (χ1v) is 8.36. The molecule has 0 saturated heterocycles. The lowest BCUT2D eigenvalue weighted by Gasteiger charge is -2.15. The Morgan fingerprint density at radius 1 is 1.07 bits per heavy atom. The van der Waals surface area contributed by atoms with Crippen molar-refractivity contribution in [3.8, 4) is 5.75 Å². The Balaban J connectivity index is 1.89. The SMILES string of the molecule is Cc1ccc(C)c(NC(=O)C(C)OC(=O)Cc2ccc(OC(F)F)cc2)c1. The Hall–Kier alpha value is -2.96. The van der Waals surface area contributed by atoms with Crippen molar-refractivity contribution in [1.29, 1.82) is 0 Å². The molecule has 1 unspecified atom stereocenters. The van der Waals surface area contributed by atoms with Gasteiger partial charge in [0.1, 0.15) is 5.75 Å². The molecule has 0 spiro atoms. The molecular formula is C20H21F2NO4. The number of ether oxygens (including phenoxy) is 2. The summed E-state index contributed by atoms with van der Waals surface area (Å²) >= 11 is 0. The third kappa shape index (κ3) is 6.36. The van der Waals surface area contributed by atoms with Crippen molar-refractivity contribution in [1.82, 2.24) is 0 Å². The van der Waals surface area contributed by atoms with E-state index in [1.165, 1.54) is 31.2 Å². The van der Waals surface area contributed by atoms with E-state index in [9.17, 15) is 18.4 Å². The molecule has 1 amide bonds. The van der Waals surface area contributed by atoms with Crippen molar-refractivity contribution in [2.24, 2.45) is 0 Å². The van der Waals surface area contributed by atoms with Gasteiger partial charge in [-0.2, -0.15) is 8.78 Å². The van der Waals surface area contributed by atoms with Gasteiger partial charge in [0.25, 0.3) is 5.91 Å². The molecule has 27 heavy (non-hydrogen) atoms. The average Bonchev–Trinajstić information content (AvgIpc) is 2.59. The highest BCUT2D eigenvalue weighted by atomic mass is 19.3. The van der Waals surface area contributed by atoms with Crippen LogP contribution >= 0.6 is 0 Å². The van der Waals surface area contributed by atoms with E-state index in [1.54, 1.807) is 0 Å². The number of esters is 1. The molecule has 2 aromatic carbocycles. The van der Waals surface area contributed by atoms with E-state index in [2.05, 4.69) is 10.1 Å². The van der Waals surface area contributed by atoms with Gasteiger partial charge < -0.3 is 14.8 Å². The van der Waals surface area contributed by atoms with E-state index >= 15 is 0 Å². The Morgan fingerprint density at radius 3 is 2.37 bits per heavy atom. The fraction of sp³-hybridized carbons (Fsp3) is 0.300. The van der Waals surface area contributed by atoms with Gasteiger partial charge in [-0.15, -0.1) is 0 Å². The number of aryl methyl sites for hydroxylation is 2. The number of rotatable bonds is 7. The minimum Gasteiger partial charge on any atom is -0.452 e. The lowest BCUT2D eigenvalue weighted by Crippen LogP contribution is -2.30. The molecule has 0 saturated carbocycles. The van der Waals surface area contributed by atoms with Crippen LogP contribution in [0.3, 0.4) is 0 Å². The minimum atomic E-state index is -2.91. The summed E-state index contributed by atoms with van der Waals surface area (Å²) in [6.45, 7) is 2.36. The first-order chi connectivity index (χ1) is 12.7. The summed E-state index contributed by atoms with van der Waals surface area (Å²) < 4.78 is 33.6. The van der Waals surface area contributed by atoms with Crippen molar-refractivity contribution >= 4 is 17.6 Å². The van der Waals surface area contributed by atoms with E-state index in [0.29, 0.717) is 11.3 Å². The summed E-state index contributed by atoms with van der Waals surface area (Å²) in [7, 11) is 0. The molecule has 2 rings (SSSR count). The zero-order chi connectivity index (χ0) is 20.0. The normalized spacial score (nSPS) is 11.8. The molecule has 2 aromatic rings. The summed E-state index contributed by atoms with van der Waals surface area (Å²) in [5.41, 5.74) is 3.12. The molecule has 1 atom stereocenters. The number of alkyl halides is 2. The average molecular weight is 377 g/mol. The van der Waals surface area contributed by atoms with Gasteiger partial charge in [0, 0.05) is 5.69 Å². The molecule has 1 N–H and O–H groups in total. The minimum absolute atomic E-state index is 0.00314. The number of halogens is 2. The maximum absolute atomic E-state index is 12.2. The number of hydrogen-bond acceptors (Lipinski definition) is 4. The van der Waals surface area contributed by atoms with Crippen molar-refractivity contribution < 1.29 is 27.8 Å². The lowest BCUT2D eigenvalue weighted by molar-refractivity contribution is -0.152.